The van der Waals surface area contributed by atoms with Gasteiger partial charge in [-0.2, -0.15) is 0 Å². The van der Waals surface area contributed by atoms with Crippen LogP contribution in [0.4, 0.5) is 4.39 Å². The highest BCUT2D eigenvalue weighted by atomic mass is 32.1. The lowest BCUT2D eigenvalue weighted by atomic mass is 10.0. The predicted molar refractivity (Wildman–Crippen MR) is 91.0 cm³/mol. The molecule has 2 aromatic rings. The molecule has 1 N–H and O–H groups in total. The minimum Gasteiger partial charge on any atom is -0.351 e. The van der Waals surface area contributed by atoms with Gasteiger partial charge in [0, 0.05) is 24.0 Å². The van der Waals surface area contributed by atoms with E-state index < -0.39 is 0 Å². The number of carbonyl (C=O) groups is 1. The Morgan fingerprint density at radius 1 is 1.43 bits per heavy atom. The van der Waals surface area contributed by atoms with Crippen molar-refractivity contribution in [3.63, 3.8) is 0 Å². The maximum absolute atomic E-state index is 13.5. The Hall–Kier alpha value is -1.72. The number of carbonyl (C=O) groups excluding carboxylic acids is 1. The Labute approximate surface area is 140 Å². The van der Waals surface area contributed by atoms with Crippen molar-refractivity contribution in [3.8, 4) is 0 Å². The molecule has 1 aromatic heterocycles. The molecule has 0 spiro atoms. The molecular formula is C18H21FN2OS. The van der Waals surface area contributed by atoms with Crippen molar-refractivity contribution in [1.82, 2.24) is 10.2 Å². The first-order chi connectivity index (χ1) is 11.0. The Balaban J connectivity index is 1.54. The highest BCUT2D eigenvalue weighted by Crippen LogP contribution is 2.32. The Bertz CT molecular complexity index is 713. The van der Waals surface area contributed by atoms with Gasteiger partial charge in [0.15, 0.2) is 0 Å². The molecule has 0 fully saturated rings. The van der Waals surface area contributed by atoms with E-state index in [2.05, 4.69) is 28.6 Å². The molecular weight excluding hydrogens is 311 g/mol. The molecule has 3 nitrogen and oxygen atoms in total. The van der Waals surface area contributed by atoms with E-state index in [1.54, 1.807) is 24.3 Å². The standard InChI is InChI=1S/C18H21FN2OS/c1-12-3-4-14(9-16(12)19)10-20-18(22)11-21-7-5-17-15(13(21)2)6-8-23-17/h3-4,6,8-9,13H,5,7,10-11H2,1-2H3,(H,20,22)/t13-/m1/s1. The topological polar surface area (TPSA) is 32.3 Å². The molecule has 2 heterocycles. The third kappa shape index (κ3) is 3.62. The molecule has 1 aliphatic heterocycles. The summed E-state index contributed by atoms with van der Waals surface area (Å²) in [6.45, 7) is 5.52. The Morgan fingerprint density at radius 3 is 3.04 bits per heavy atom. The number of amides is 1. The predicted octanol–water partition coefficient (Wildman–Crippen LogP) is 3.43. The van der Waals surface area contributed by atoms with Gasteiger partial charge in [-0.25, -0.2) is 4.39 Å². The van der Waals surface area contributed by atoms with Gasteiger partial charge in [-0.1, -0.05) is 12.1 Å². The van der Waals surface area contributed by atoms with Crippen LogP contribution in [0, 0.1) is 12.7 Å². The first-order valence-electron chi connectivity index (χ1n) is 7.86. The lowest BCUT2D eigenvalue weighted by Crippen LogP contribution is -2.41. The number of thiophene rings is 1. The van der Waals surface area contributed by atoms with Crippen molar-refractivity contribution in [2.75, 3.05) is 13.1 Å². The van der Waals surface area contributed by atoms with Crippen molar-refractivity contribution in [2.45, 2.75) is 32.9 Å². The molecule has 1 aliphatic rings. The monoisotopic (exact) mass is 332 g/mol. The quantitative estimate of drug-likeness (QED) is 0.930. The van der Waals surface area contributed by atoms with E-state index in [1.807, 2.05) is 6.07 Å². The second-order valence-corrected chi connectivity index (χ2v) is 7.06. The van der Waals surface area contributed by atoms with Gasteiger partial charge in [0.1, 0.15) is 5.82 Å². The van der Waals surface area contributed by atoms with Crippen LogP contribution in [0.25, 0.3) is 0 Å². The molecule has 1 atom stereocenters. The molecule has 122 valence electrons. The van der Waals surface area contributed by atoms with E-state index in [0.29, 0.717) is 18.7 Å². The Morgan fingerprint density at radius 2 is 2.26 bits per heavy atom. The summed E-state index contributed by atoms with van der Waals surface area (Å²) in [5, 5.41) is 5.01. The van der Waals surface area contributed by atoms with Gasteiger partial charge in [-0.3, -0.25) is 9.69 Å². The van der Waals surface area contributed by atoms with Gasteiger partial charge in [0.25, 0.3) is 0 Å². The molecule has 0 bridgehead atoms. The fraction of sp³-hybridized carbons (Fsp3) is 0.389. The fourth-order valence-electron chi connectivity index (χ4n) is 2.96. The van der Waals surface area contributed by atoms with E-state index in [9.17, 15) is 9.18 Å². The minimum atomic E-state index is -0.230. The van der Waals surface area contributed by atoms with E-state index in [1.165, 1.54) is 16.5 Å². The van der Waals surface area contributed by atoms with Crippen LogP contribution in [-0.2, 0) is 17.8 Å². The summed E-state index contributed by atoms with van der Waals surface area (Å²) >= 11 is 1.80. The smallest absolute Gasteiger partial charge is 0.234 e. The first-order valence-corrected chi connectivity index (χ1v) is 8.74. The molecule has 1 aromatic carbocycles. The zero-order valence-electron chi connectivity index (χ0n) is 13.4. The van der Waals surface area contributed by atoms with Crippen molar-refractivity contribution in [2.24, 2.45) is 0 Å². The van der Waals surface area contributed by atoms with Crippen LogP contribution >= 0.6 is 11.3 Å². The first kappa shape index (κ1) is 16.1. The second-order valence-electron chi connectivity index (χ2n) is 6.06. The summed E-state index contributed by atoms with van der Waals surface area (Å²) in [7, 11) is 0. The number of hydrogen-bond acceptors (Lipinski definition) is 3. The molecule has 0 saturated carbocycles. The van der Waals surface area contributed by atoms with Gasteiger partial charge >= 0.3 is 0 Å². The number of halogens is 1. The van der Waals surface area contributed by atoms with E-state index >= 15 is 0 Å². The van der Waals surface area contributed by atoms with Crippen LogP contribution in [0.1, 0.15) is 34.5 Å². The maximum Gasteiger partial charge on any atom is 0.234 e. The fourth-order valence-corrected chi connectivity index (χ4v) is 3.93. The number of fused-ring (bicyclic) bond motifs is 1. The minimum absolute atomic E-state index is 0.0171. The van der Waals surface area contributed by atoms with E-state index in [-0.39, 0.29) is 17.8 Å². The summed E-state index contributed by atoms with van der Waals surface area (Å²) in [6, 6.07) is 7.50. The van der Waals surface area contributed by atoms with Crippen molar-refractivity contribution >= 4 is 17.2 Å². The lowest BCUT2D eigenvalue weighted by Gasteiger charge is -2.32. The SMILES string of the molecule is Cc1ccc(CNC(=O)CN2CCc3sccc3[C@H]2C)cc1F. The number of nitrogens with zero attached hydrogens (tertiary/aromatic N) is 1. The number of nitrogens with one attached hydrogen (secondary N) is 1. The van der Waals surface area contributed by atoms with Crippen LogP contribution < -0.4 is 5.32 Å². The average Bonchev–Trinajstić information content (AvgIpc) is 3.01. The second kappa shape index (κ2) is 6.81. The summed E-state index contributed by atoms with van der Waals surface area (Å²) in [6.07, 6.45) is 1.01. The summed E-state index contributed by atoms with van der Waals surface area (Å²) < 4.78 is 13.5. The van der Waals surface area contributed by atoms with Crippen molar-refractivity contribution in [1.29, 1.82) is 0 Å². The average molecular weight is 332 g/mol. The highest BCUT2D eigenvalue weighted by molar-refractivity contribution is 7.10. The van der Waals surface area contributed by atoms with Gasteiger partial charge in [0.05, 0.1) is 6.54 Å². The summed E-state index contributed by atoms with van der Waals surface area (Å²) in [5.41, 5.74) is 2.75. The molecule has 23 heavy (non-hydrogen) atoms. The van der Waals surface area contributed by atoms with Crippen LogP contribution in [0.2, 0.25) is 0 Å². The normalized spacial score (nSPS) is 17.8. The summed E-state index contributed by atoms with van der Waals surface area (Å²) in [5.74, 6) is -0.247. The molecule has 0 aliphatic carbocycles. The zero-order chi connectivity index (χ0) is 16.4. The van der Waals surface area contributed by atoms with E-state index in [4.69, 9.17) is 0 Å². The van der Waals surface area contributed by atoms with Crippen LogP contribution in [0.5, 0.6) is 0 Å². The molecule has 1 amide bonds. The Kier molecular flexibility index (Phi) is 4.78. The molecule has 5 heteroatoms. The third-order valence-electron chi connectivity index (χ3n) is 4.48. The molecule has 0 unspecified atom stereocenters. The van der Waals surface area contributed by atoms with E-state index in [0.717, 1.165) is 18.5 Å². The molecule has 3 rings (SSSR count). The molecule has 0 saturated heterocycles. The highest BCUT2D eigenvalue weighted by Gasteiger charge is 2.25. The van der Waals surface area contributed by atoms with Crippen LogP contribution in [0.3, 0.4) is 0 Å². The lowest BCUT2D eigenvalue weighted by molar-refractivity contribution is -0.123. The maximum atomic E-state index is 13.5. The van der Waals surface area contributed by atoms with Gasteiger partial charge in [-0.05, 0) is 54.5 Å². The molecule has 0 radical (unpaired) electrons. The number of hydrogen-bond donors (Lipinski definition) is 1. The third-order valence-corrected chi connectivity index (χ3v) is 5.47. The number of rotatable bonds is 4. The van der Waals surface area contributed by atoms with Gasteiger partial charge in [-0.15, -0.1) is 11.3 Å². The number of benzene rings is 1. The van der Waals surface area contributed by atoms with Crippen LogP contribution in [0.15, 0.2) is 29.6 Å². The van der Waals surface area contributed by atoms with Crippen LogP contribution in [-0.4, -0.2) is 23.9 Å². The largest absolute Gasteiger partial charge is 0.351 e. The van der Waals surface area contributed by atoms with Crippen molar-refractivity contribution in [3.05, 3.63) is 57.0 Å². The van der Waals surface area contributed by atoms with Gasteiger partial charge in [0.2, 0.25) is 5.91 Å². The van der Waals surface area contributed by atoms with Gasteiger partial charge < -0.3 is 5.32 Å². The zero-order valence-corrected chi connectivity index (χ0v) is 14.3. The number of aryl methyl sites for hydroxylation is 1. The summed E-state index contributed by atoms with van der Waals surface area (Å²) in [4.78, 5) is 15.8. The van der Waals surface area contributed by atoms with Crippen molar-refractivity contribution < 1.29 is 9.18 Å².